The Balaban J connectivity index is 1.12. The summed E-state index contributed by atoms with van der Waals surface area (Å²) in [6.07, 6.45) is 11.5. The Morgan fingerprint density at radius 2 is 1.25 bits per heavy atom. The molecule has 60 heavy (non-hydrogen) atoms. The first-order valence-electron chi connectivity index (χ1n) is 20.3. The van der Waals surface area contributed by atoms with Gasteiger partial charge in [-0.25, -0.2) is 0 Å². The van der Waals surface area contributed by atoms with Gasteiger partial charge < -0.3 is 38.4 Å². The second-order valence-corrected chi connectivity index (χ2v) is 19.2. The van der Waals surface area contributed by atoms with Crippen LogP contribution >= 0.6 is 21.6 Å². The van der Waals surface area contributed by atoms with Crippen molar-refractivity contribution in [1.29, 1.82) is 0 Å². The highest BCUT2D eigenvalue weighted by Gasteiger charge is 2.36. The highest BCUT2D eigenvalue weighted by molar-refractivity contribution is 8.77. The average Bonchev–Trinajstić information content (AvgIpc) is 3.80. The fraction of sp³-hybridized carbons (Fsp3) is 0.435. The number of likely N-dealkylation sites (N-methyl/N-ethyl adjacent to an activating group) is 1. The lowest BCUT2D eigenvalue weighted by Crippen LogP contribution is -2.35. The van der Waals surface area contributed by atoms with Crippen molar-refractivity contribution in [1.82, 2.24) is 14.7 Å². The van der Waals surface area contributed by atoms with Gasteiger partial charge in [-0.05, 0) is 95.3 Å². The first kappa shape index (κ1) is 43.2. The monoisotopic (exact) mass is 853 g/mol. The van der Waals surface area contributed by atoms with Gasteiger partial charge in [-0.2, -0.15) is 0 Å². The zero-order valence-corrected chi connectivity index (χ0v) is 37.4. The molecule has 2 atom stereocenters. The highest BCUT2D eigenvalue weighted by Crippen LogP contribution is 2.41. The Bertz CT molecular complexity index is 2100. The third-order valence-corrected chi connectivity index (χ3v) is 13.7. The molecule has 0 N–H and O–H groups in total. The second kappa shape index (κ2) is 18.8. The number of hydrogen-bond donors (Lipinski definition) is 0. The van der Waals surface area contributed by atoms with Crippen molar-refractivity contribution in [3.05, 3.63) is 88.0 Å². The average molecular weight is 854 g/mol. The molecular formula is C46H55N5O7S2. The molecule has 2 fully saturated rings. The van der Waals surface area contributed by atoms with E-state index >= 15 is 0 Å². The van der Waals surface area contributed by atoms with Crippen molar-refractivity contribution in [2.24, 2.45) is 9.98 Å². The predicted molar refractivity (Wildman–Crippen MR) is 242 cm³/mol. The summed E-state index contributed by atoms with van der Waals surface area (Å²) < 4.78 is 30.8. The molecule has 4 aliphatic rings. The van der Waals surface area contributed by atoms with Crippen LogP contribution in [0.2, 0.25) is 0 Å². The molecule has 2 amide bonds. The molecule has 318 valence electrons. The Labute approximate surface area is 361 Å². The maximum absolute atomic E-state index is 13.7. The van der Waals surface area contributed by atoms with E-state index in [1.165, 1.54) is 11.1 Å². The number of fused-ring (bicyclic) bond motifs is 4. The highest BCUT2D eigenvalue weighted by atomic mass is 33.1. The number of aliphatic imine (C=N–C) groups is 2. The number of carbonyl (C=O) groups is 2. The van der Waals surface area contributed by atoms with E-state index in [0.717, 1.165) is 37.1 Å². The summed E-state index contributed by atoms with van der Waals surface area (Å²) in [7, 11) is 8.89. The SMILES string of the molecule is C/C=C1/C[C@H]2C=Nc3cc(OCc4cc(COc5cc6c(cc5OC)C(=O)N5C/C(=C/C)C[C@H]5C=N6)cc(OCCN(C)CC(C)(C)SSC)c4)c(OC)cc3C(=O)N2C1. The summed E-state index contributed by atoms with van der Waals surface area (Å²) in [6.45, 7) is 12.2. The third-order valence-electron chi connectivity index (χ3n) is 11.1. The molecular weight excluding hydrogens is 799 g/mol. The molecule has 0 bridgehead atoms. The van der Waals surface area contributed by atoms with E-state index in [1.807, 2.05) is 65.1 Å². The van der Waals surface area contributed by atoms with E-state index in [2.05, 4.69) is 44.2 Å². The number of methoxy groups -OCH3 is 2. The molecule has 0 aromatic heterocycles. The molecule has 0 radical (unpaired) electrons. The number of rotatable bonds is 16. The van der Waals surface area contributed by atoms with E-state index in [9.17, 15) is 9.59 Å². The zero-order chi connectivity index (χ0) is 42.6. The second-order valence-electron chi connectivity index (χ2n) is 16.1. The molecule has 0 saturated carbocycles. The molecule has 3 aromatic carbocycles. The van der Waals surface area contributed by atoms with E-state index in [0.29, 0.717) is 70.9 Å². The maximum Gasteiger partial charge on any atom is 0.257 e. The van der Waals surface area contributed by atoms with Crippen molar-refractivity contribution < 1.29 is 33.3 Å². The van der Waals surface area contributed by atoms with Gasteiger partial charge in [-0.1, -0.05) is 44.9 Å². The van der Waals surface area contributed by atoms with E-state index in [-0.39, 0.29) is 41.9 Å². The van der Waals surface area contributed by atoms with Gasteiger partial charge in [0.1, 0.15) is 25.6 Å². The Hall–Kier alpha value is -4.92. The number of carbonyl (C=O) groups excluding carboxylic acids is 2. The number of nitrogens with zero attached hydrogens (tertiary/aromatic N) is 5. The largest absolute Gasteiger partial charge is 0.493 e. The standard InChI is InChI=1S/C46H55N5O7S2/c1-9-29-14-33-22-47-38-20-42(40(54-6)18-36(38)44(52)50(33)24-29)57-26-31-13-32(17-35(16-31)56-12-11-49(5)28-46(3,4)60-59-8)27-58-43-21-39-37(19-41(43)55-7)45(53)51-25-30(10-2)15-34(51)23-48-39/h9-10,13,16-23,33-34H,11-12,14-15,24-28H2,1-8H3/b29-9-,30-10+/t33-,34-/m0/s1. The van der Waals surface area contributed by atoms with Gasteiger partial charge >= 0.3 is 0 Å². The van der Waals surface area contributed by atoms with Gasteiger partial charge in [0.15, 0.2) is 23.0 Å². The fourth-order valence-corrected chi connectivity index (χ4v) is 10.4. The van der Waals surface area contributed by atoms with Gasteiger partial charge in [0.2, 0.25) is 0 Å². The lowest BCUT2D eigenvalue weighted by Gasteiger charge is -2.28. The van der Waals surface area contributed by atoms with Gasteiger partial charge in [-0.15, -0.1) is 0 Å². The summed E-state index contributed by atoms with van der Waals surface area (Å²) in [6, 6.07) is 12.8. The molecule has 3 aromatic rings. The Morgan fingerprint density at radius 3 is 1.70 bits per heavy atom. The van der Waals surface area contributed by atoms with E-state index in [1.54, 1.807) is 49.3 Å². The van der Waals surface area contributed by atoms with E-state index < -0.39 is 0 Å². The Kier molecular flexibility index (Phi) is 13.5. The van der Waals surface area contributed by atoms with Crippen LogP contribution < -0.4 is 23.7 Å². The van der Waals surface area contributed by atoms with Gasteiger partial charge in [0, 0.05) is 55.5 Å². The normalized spacial score (nSPS) is 19.6. The summed E-state index contributed by atoms with van der Waals surface area (Å²) in [5.41, 5.74) is 6.19. The van der Waals surface area contributed by atoms with Crippen molar-refractivity contribution in [2.75, 3.05) is 60.3 Å². The Morgan fingerprint density at radius 1 is 0.750 bits per heavy atom. The molecule has 0 aliphatic carbocycles. The summed E-state index contributed by atoms with van der Waals surface area (Å²) in [5.74, 6) is 2.37. The van der Waals surface area contributed by atoms with Crippen LogP contribution in [-0.4, -0.2) is 116 Å². The van der Waals surface area contributed by atoms with Gasteiger partial charge in [-0.3, -0.25) is 19.6 Å². The molecule has 12 nitrogen and oxygen atoms in total. The van der Waals surface area contributed by atoms with E-state index in [4.69, 9.17) is 33.7 Å². The molecule has 7 rings (SSSR count). The molecule has 4 heterocycles. The lowest BCUT2D eigenvalue weighted by atomic mass is 10.1. The number of benzene rings is 3. The van der Waals surface area contributed by atoms with Crippen molar-refractivity contribution in [3.63, 3.8) is 0 Å². The molecule has 2 saturated heterocycles. The van der Waals surface area contributed by atoms with Crippen LogP contribution in [0.4, 0.5) is 11.4 Å². The van der Waals surface area contributed by atoms with Crippen molar-refractivity contribution >= 4 is 57.2 Å². The van der Waals surface area contributed by atoms with Crippen LogP contribution in [0.3, 0.4) is 0 Å². The summed E-state index contributed by atoms with van der Waals surface area (Å²) >= 11 is 0. The number of amides is 2. The van der Waals surface area contributed by atoms with Crippen LogP contribution in [0.25, 0.3) is 0 Å². The minimum atomic E-state index is -0.0826. The van der Waals surface area contributed by atoms with Gasteiger partial charge in [0.05, 0.1) is 48.8 Å². The maximum atomic E-state index is 13.7. The first-order valence-corrected chi connectivity index (χ1v) is 22.8. The number of allylic oxidation sites excluding steroid dienone is 2. The fourth-order valence-electron chi connectivity index (χ4n) is 8.13. The predicted octanol–water partition coefficient (Wildman–Crippen LogP) is 8.72. The molecule has 0 spiro atoms. The third kappa shape index (κ3) is 9.66. The first-order chi connectivity index (χ1) is 28.9. The molecule has 0 unspecified atom stereocenters. The van der Waals surface area contributed by atoms with Crippen molar-refractivity contribution in [2.45, 2.75) is 70.6 Å². The lowest BCUT2D eigenvalue weighted by molar-refractivity contribution is 0.0769. The smallest absolute Gasteiger partial charge is 0.257 e. The molecule has 4 aliphatic heterocycles. The minimum Gasteiger partial charge on any atom is -0.493 e. The topological polar surface area (TPSA) is 115 Å². The quantitative estimate of drug-likeness (QED) is 0.102. The van der Waals surface area contributed by atoms with Crippen LogP contribution in [-0.2, 0) is 13.2 Å². The number of hydrogen-bond acceptors (Lipinski definition) is 12. The van der Waals surface area contributed by atoms with Crippen molar-refractivity contribution in [3.8, 4) is 28.7 Å². The zero-order valence-electron chi connectivity index (χ0n) is 35.8. The number of ether oxygens (including phenoxy) is 5. The van der Waals surface area contributed by atoms with Crippen LogP contribution in [0.5, 0.6) is 28.7 Å². The van der Waals surface area contributed by atoms with Crippen LogP contribution in [0.15, 0.2) is 75.7 Å². The molecule has 14 heteroatoms. The van der Waals surface area contributed by atoms with Crippen LogP contribution in [0.1, 0.15) is 72.4 Å². The minimum absolute atomic E-state index is 0.0752. The summed E-state index contributed by atoms with van der Waals surface area (Å²) in [4.78, 5) is 42.8. The van der Waals surface area contributed by atoms with Crippen LogP contribution in [0, 0.1) is 0 Å². The summed E-state index contributed by atoms with van der Waals surface area (Å²) in [5, 5.41) is 0. The van der Waals surface area contributed by atoms with Gasteiger partial charge in [0.25, 0.3) is 11.8 Å².